The Morgan fingerprint density at radius 1 is 1.06 bits per heavy atom. The van der Waals surface area contributed by atoms with Crippen molar-refractivity contribution in [1.82, 2.24) is 15.1 Å². The van der Waals surface area contributed by atoms with Gasteiger partial charge in [-0.3, -0.25) is 19.3 Å². The highest BCUT2D eigenvalue weighted by Gasteiger charge is 2.35. The first-order chi connectivity index (χ1) is 16.0. The van der Waals surface area contributed by atoms with Crippen LogP contribution in [0.15, 0.2) is 42.5 Å². The molecule has 0 aliphatic carbocycles. The van der Waals surface area contributed by atoms with Crippen molar-refractivity contribution < 1.29 is 19.1 Å². The lowest BCUT2D eigenvalue weighted by molar-refractivity contribution is -0.121. The van der Waals surface area contributed by atoms with Crippen LogP contribution in [0.3, 0.4) is 0 Å². The SMILES string of the molecule is CCCC(=O)NCCN(C)CCN1C(=O)c2ccc(OC)c3cc4ccccc4c(c23)C1=O. The van der Waals surface area contributed by atoms with Crippen LogP contribution >= 0.6 is 0 Å². The summed E-state index contributed by atoms with van der Waals surface area (Å²) in [5.74, 6) is 0.103. The molecule has 33 heavy (non-hydrogen) atoms. The topological polar surface area (TPSA) is 79.0 Å². The molecule has 0 radical (unpaired) electrons. The smallest absolute Gasteiger partial charge is 0.262 e. The second-order valence-corrected chi connectivity index (χ2v) is 8.38. The lowest BCUT2D eigenvalue weighted by Crippen LogP contribution is -2.45. The van der Waals surface area contributed by atoms with Crippen molar-refractivity contribution >= 4 is 39.3 Å². The van der Waals surface area contributed by atoms with Crippen molar-refractivity contribution in [2.24, 2.45) is 0 Å². The van der Waals surface area contributed by atoms with Crippen molar-refractivity contribution in [1.29, 1.82) is 0 Å². The quantitative estimate of drug-likeness (QED) is 0.402. The van der Waals surface area contributed by atoms with Gasteiger partial charge in [-0.05, 0) is 42.4 Å². The van der Waals surface area contributed by atoms with E-state index in [9.17, 15) is 14.4 Å². The molecule has 1 heterocycles. The molecule has 1 N–H and O–H groups in total. The number of hydrogen-bond donors (Lipinski definition) is 1. The molecule has 0 spiro atoms. The summed E-state index contributed by atoms with van der Waals surface area (Å²) in [5.41, 5.74) is 1.06. The minimum Gasteiger partial charge on any atom is -0.496 e. The van der Waals surface area contributed by atoms with Crippen LogP contribution in [0.5, 0.6) is 5.75 Å². The highest BCUT2D eigenvalue weighted by Crippen LogP contribution is 2.39. The van der Waals surface area contributed by atoms with Crippen LogP contribution in [0.2, 0.25) is 0 Å². The average molecular weight is 448 g/mol. The second kappa shape index (κ2) is 9.58. The van der Waals surface area contributed by atoms with Gasteiger partial charge in [-0.25, -0.2) is 0 Å². The maximum atomic E-state index is 13.6. The van der Waals surface area contributed by atoms with Gasteiger partial charge in [0.1, 0.15) is 5.75 Å². The Morgan fingerprint density at radius 3 is 2.61 bits per heavy atom. The molecule has 7 heteroatoms. The van der Waals surface area contributed by atoms with Gasteiger partial charge >= 0.3 is 0 Å². The number of carbonyl (C=O) groups is 3. The van der Waals surface area contributed by atoms with Gasteiger partial charge in [-0.2, -0.15) is 0 Å². The molecule has 0 aromatic heterocycles. The van der Waals surface area contributed by atoms with E-state index in [2.05, 4.69) is 5.32 Å². The number of ether oxygens (including phenoxy) is 1. The number of imide groups is 1. The van der Waals surface area contributed by atoms with Crippen molar-refractivity contribution in [2.45, 2.75) is 19.8 Å². The van der Waals surface area contributed by atoms with Crippen molar-refractivity contribution in [2.75, 3.05) is 40.3 Å². The van der Waals surface area contributed by atoms with Crippen LogP contribution in [-0.4, -0.2) is 67.9 Å². The number of nitrogens with one attached hydrogen (secondary N) is 1. The molecular weight excluding hydrogens is 418 g/mol. The number of methoxy groups -OCH3 is 1. The predicted molar refractivity (Wildman–Crippen MR) is 129 cm³/mol. The minimum absolute atomic E-state index is 0.0410. The van der Waals surface area contributed by atoms with Crippen LogP contribution in [0.25, 0.3) is 21.5 Å². The van der Waals surface area contributed by atoms with E-state index >= 15 is 0 Å². The molecule has 0 unspecified atom stereocenters. The van der Waals surface area contributed by atoms with E-state index in [0.717, 1.165) is 22.6 Å². The summed E-state index contributed by atoms with van der Waals surface area (Å²) in [6.07, 6.45) is 1.33. The summed E-state index contributed by atoms with van der Waals surface area (Å²) < 4.78 is 5.53. The fourth-order valence-corrected chi connectivity index (χ4v) is 4.39. The van der Waals surface area contributed by atoms with E-state index in [1.807, 2.05) is 49.2 Å². The number of benzene rings is 3. The van der Waals surface area contributed by atoms with E-state index in [-0.39, 0.29) is 24.3 Å². The summed E-state index contributed by atoms with van der Waals surface area (Å²) in [5, 5.41) is 6.07. The maximum absolute atomic E-state index is 13.6. The van der Waals surface area contributed by atoms with E-state index in [0.29, 0.717) is 48.3 Å². The molecule has 3 amide bonds. The highest BCUT2D eigenvalue weighted by atomic mass is 16.5. The number of amides is 3. The first-order valence-corrected chi connectivity index (χ1v) is 11.3. The normalized spacial score (nSPS) is 13.3. The lowest BCUT2D eigenvalue weighted by atomic mass is 9.89. The van der Waals surface area contributed by atoms with Crippen LogP contribution in [0, 0.1) is 0 Å². The average Bonchev–Trinajstić information content (AvgIpc) is 2.81. The van der Waals surface area contributed by atoms with E-state index in [1.54, 1.807) is 19.2 Å². The molecule has 0 saturated carbocycles. The van der Waals surface area contributed by atoms with E-state index in [4.69, 9.17) is 4.74 Å². The van der Waals surface area contributed by atoms with Crippen LogP contribution < -0.4 is 10.1 Å². The number of hydrogen-bond acceptors (Lipinski definition) is 5. The third-order valence-corrected chi connectivity index (χ3v) is 6.14. The van der Waals surface area contributed by atoms with E-state index < -0.39 is 0 Å². The molecule has 172 valence electrons. The molecule has 0 bridgehead atoms. The summed E-state index contributed by atoms with van der Waals surface area (Å²) in [4.78, 5) is 41.9. The zero-order chi connectivity index (χ0) is 23.5. The molecule has 3 aromatic rings. The highest BCUT2D eigenvalue weighted by molar-refractivity contribution is 6.31. The van der Waals surface area contributed by atoms with Crippen molar-refractivity contribution in [3.63, 3.8) is 0 Å². The largest absolute Gasteiger partial charge is 0.496 e. The molecular formula is C26H29N3O4. The monoisotopic (exact) mass is 447 g/mol. The Balaban J connectivity index is 1.60. The van der Waals surface area contributed by atoms with Crippen LogP contribution in [0.4, 0.5) is 0 Å². The van der Waals surface area contributed by atoms with Gasteiger partial charge in [0.2, 0.25) is 5.91 Å². The molecule has 4 rings (SSSR count). The summed E-state index contributed by atoms with van der Waals surface area (Å²) in [6.45, 7) is 3.92. The molecule has 7 nitrogen and oxygen atoms in total. The van der Waals surface area contributed by atoms with Gasteiger partial charge in [0, 0.05) is 48.9 Å². The fourth-order valence-electron chi connectivity index (χ4n) is 4.39. The van der Waals surface area contributed by atoms with Gasteiger partial charge < -0.3 is 15.0 Å². The van der Waals surface area contributed by atoms with E-state index in [1.165, 1.54) is 4.90 Å². The second-order valence-electron chi connectivity index (χ2n) is 8.38. The molecule has 1 aliphatic rings. The molecule has 0 atom stereocenters. The Hall–Kier alpha value is -3.45. The summed E-state index contributed by atoms with van der Waals surface area (Å²) >= 11 is 0. The van der Waals surface area contributed by atoms with Crippen molar-refractivity contribution in [3.8, 4) is 5.75 Å². The summed E-state index contributed by atoms with van der Waals surface area (Å²) in [6, 6.07) is 13.2. The zero-order valence-electron chi connectivity index (χ0n) is 19.3. The Morgan fingerprint density at radius 2 is 1.85 bits per heavy atom. The standard InChI is InChI=1S/C26H29N3O4/c1-4-7-22(30)27-12-13-28(2)14-15-29-25(31)19-10-11-21(33-3)20-16-17-8-5-6-9-18(17)24(23(19)20)26(29)32/h5-6,8-11,16H,4,7,12-15H2,1-3H3,(H,27,30). The number of rotatable bonds is 9. The third kappa shape index (κ3) is 4.28. The molecule has 0 fully saturated rings. The lowest BCUT2D eigenvalue weighted by Gasteiger charge is -2.30. The van der Waals surface area contributed by atoms with Crippen LogP contribution in [-0.2, 0) is 4.79 Å². The van der Waals surface area contributed by atoms with Crippen LogP contribution in [0.1, 0.15) is 40.5 Å². The zero-order valence-corrected chi connectivity index (χ0v) is 19.3. The Labute approximate surface area is 193 Å². The van der Waals surface area contributed by atoms with Gasteiger partial charge in [-0.1, -0.05) is 31.2 Å². The number of likely N-dealkylation sites (N-methyl/N-ethyl adjacent to an activating group) is 1. The van der Waals surface area contributed by atoms with Crippen molar-refractivity contribution in [3.05, 3.63) is 53.6 Å². The van der Waals surface area contributed by atoms with Gasteiger partial charge in [-0.15, -0.1) is 0 Å². The first-order valence-electron chi connectivity index (χ1n) is 11.3. The maximum Gasteiger partial charge on any atom is 0.262 e. The number of carbonyl (C=O) groups excluding carboxylic acids is 3. The Kier molecular flexibility index (Phi) is 6.60. The minimum atomic E-state index is -0.292. The molecule has 3 aromatic carbocycles. The third-order valence-electron chi connectivity index (χ3n) is 6.14. The van der Waals surface area contributed by atoms with Gasteiger partial charge in [0.15, 0.2) is 0 Å². The van der Waals surface area contributed by atoms with Gasteiger partial charge in [0.25, 0.3) is 11.8 Å². The number of fused-ring (bicyclic) bond motifs is 2. The molecule has 1 aliphatic heterocycles. The number of nitrogens with zero attached hydrogens (tertiary/aromatic N) is 2. The fraction of sp³-hybridized carbons (Fsp3) is 0.346. The Bertz CT molecular complexity index is 1240. The predicted octanol–water partition coefficient (Wildman–Crippen LogP) is 3.45. The first kappa shape index (κ1) is 22.7. The van der Waals surface area contributed by atoms with Gasteiger partial charge in [0.05, 0.1) is 12.7 Å². The summed E-state index contributed by atoms with van der Waals surface area (Å²) in [7, 11) is 3.51. The molecule has 0 saturated heterocycles.